The molecule has 4 nitrogen and oxygen atoms in total. The molecular formula is C11H18O4. The number of hydrogen-bond donors (Lipinski definition) is 1. The zero-order valence-electron chi connectivity index (χ0n) is 8.91. The van der Waals surface area contributed by atoms with Gasteiger partial charge in [0.05, 0.1) is 18.8 Å². The number of carbonyl (C=O) groups excluding carboxylic acids is 1. The number of aliphatic hydroxyl groups is 1. The SMILES string of the molecule is O=CCCC1(O)CCC2(CC1)OCCO2. The van der Waals surface area contributed by atoms with Gasteiger partial charge in [-0.25, -0.2) is 0 Å². The largest absolute Gasteiger partial charge is 0.390 e. The second-order valence-corrected chi connectivity index (χ2v) is 4.54. The Hall–Kier alpha value is -0.450. The number of aldehydes is 1. The summed E-state index contributed by atoms with van der Waals surface area (Å²) in [6, 6.07) is 0. The first kappa shape index (κ1) is 11.0. The van der Waals surface area contributed by atoms with Gasteiger partial charge in [0.15, 0.2) is 5.79 Å². The van der Waals surface area contributed by atoms with Crippen molar-refractivity contribution in [1.29, 1.82) is 0 Å². The van der Waals surface area contributed by atoms with E-state index in [1.165, 1.54) is 0 Å². The van der Waals surface area contributed by atoms with E-state index in [9.17, 15) is 9.90 Å². The third kappa shape index (κ3) is 2.38. The summed E-state index contributed by atoms with van der Waals surface area (Å²) >= 11 is 0. The number of ether oxygens (including phenoxy) is 2. The molecule has 1 aliphatic carbocycles. The van der Waals surface area contributed by atoms with Gasteiger partial charge in [0.1, 0.15) is 6.29 Å². The predicted octanol–water partition coefficient (Wildman–Crippen LogP) is 1.01. The number of rotatable bonds is 3. The minimum Gasteiger partial charge on any atom is -0.390 e. The van der Waals surface area contributed by atoms with E-state index in [2.05, 4.69) is 0 Å². The van der Waals surface area contributed by atoms with Gasteiger partial charge in [-0.2, -0.15) is 0 Å². The van der Waals surface area contributed by atoms with Crippen LogP contribution in [-0.2, 0) is 14.3 Å². The molecule has 0 atom stereocenters. The van der Waals surface area contributed by atoms with Crippen LogP contribution in [-0.4, -0.2) is 36.0 Å². The van der Waals surface area contributed by atoms with Crippen molar-refractivity contribution in [2.45, 2.75) is 49.9 Å². The van der Waals surface area contributed by atoms with Gasteiger partial charge in [0.2, 0.25) is 0 Å². The van der Waals surface area contributed by atoms with Gasteiger partial charge in [-0.05, 0) is 19.3 Å². The minimum absolute atomic E-state index is 0.423. The third-order valence-corrected chi connectivity index (χ3v) is 3.48. The number of hydrogen-bond acceptors (Lipinski definition) is 4. The lowest BCUT2D eigenvalue weighted by atomic mass is 9.79. The van der Waals surface area contributed by atoms with Gasteiger partial charge < -0.3 is 19.4 Å². The van der Waals surface area contributed by atoms with Crippen LogP contribution in [0.5, 0.6) is 0 Å². The molecule has 1 saturated carbocycles. The molecule has 86 valence electrons. The summed E-state index contributed by atoms with van der Waals surface area (Å²) in [7, 11) is 0. The zero-order valence-corrected chi connectivity index (χ0v) is 8.91. The van der Waals surface area contributed by atoms with Crippen molar-refractivity contribution in [3.05, 3.63) is 0 Å². The van der Waals surface area contributed by atoms with Crippen LogP contribution in [0.3, 0.4) is 0 Å². The van der Waals surface area contributed by atoms with Crippen LogP contribution in [0.1, 0.15) is 38.5 Å². The van der Waals surface area contributed by atoms with Gasteiger partial charge in [0, 0.05) is 19.3 Å². The molecule has 4 heteroatoms. The maximum atomic E-state index is 10.3. The summed E-state index contributed by atoms with van der Waals surface area (Å²) in [6.07, 6.45) is 4.68. The van der Waals surface area contributed by atoms with Crippen LogP contribution in [0.25, 0.3) is 0 Å². The molecule has 1 heterocycles. The molecule has 0 aromatic rings. The molecule has 1 aliphatic heterocycles. The maximum Gasteiger partial charge on any atom is 0.168 e. The van der Waals surface area contributed by atoms with Crippen molar-refractivity contribution in [1.82, 2.24) is 0 Å². The lowest BCUT2D eigenvalue weighted by Gasteiger charge is -2.40. The quantitative estimate of drug-likeness (QED) is 0.712. The van der Waals surface area contributed by atoms with E-state index in [1.807, 2.05) is 0 Å². The lowest BCUT2D eigenvalue weighted by molar-refractivity contribution is -0.203. The Morgan fingerprint density at radius 2 is 1.73 bits per heavy atom. The van der Waals surface area contributed by atoms with Gasteiger partial charge >= 0.3 is 0 Å². The van der Waals surface area contributed by atoms with Crippen LogP contribution in [0.4, 0.5) is 0 Å². The molecule has 2 aliphatic rings. The third-order valence-electron chi connectivity index (χ3n) is 3.48. The molecule has 2 fully saturated rings. The van der Waals surface area contributed by atoms with Gasteiger partial charge in [-0.1, -0.05) is 0 Å². The topological polar surface area (TPSA) is 55.8 Å². The fourth-order valence-corrected chi connectivity index (χ4v) is 2.46. The van der Waals surface area contributed by atoms with Gasteiger partial charge in [-0.3, -0.25) is 0 Å². The lowest BCUT2D eigenvalue weighted by Crippen LogP contribution is -2.43. The summed E-state index contributed by atoms with van der Waals surface area (Å²) in [5.41, 5.74) is -0.679. The molecule has 0 amide bonds. The molecule has 1 N–H and O–H groups in total. The van der Waals surface area contributed by atoms with Crippen molar-refractivity contribution in [3.63, 3.8) is 0 Å². The molecule has 2 rings (SSSR count). The summed E-state index contributed by atoms with van der Waals surface area (Å²) in [5, 5.41) is 10.2. The van der Waals surface area contributed by atoms with E-state index in [0.717, 1.165) is 19.1 Å². The van der Waals surface area contributed by atoms with E-state index in [1.54, 1.807) is 0 Å². The van der Waals surface area contributed by atoms with Crippen LogP contribution in [0.2, 0.25) is 0 Å². The smallest absolute Gasteiger partial charge is 0.168 e. The van der Waals surface area contributed by atoms with Crippen LogP contribution in [0.15, 0.2) is 0 Å². The first-order valence-corrected chi connectivity index (χ1v) is 5.62. The molecule has 0 radical (unpaired) electrons. The molecule has 0 unspecified atom stereocenters. The summed E-state index contributed by atoms with van der Waals surface area (Å²) in [4.78, 5) is 10.3. The molecule has 0 aromatic carbocycles. The highest BCUT2D eigenvalue weighted by atomic mass is 16.7. The summed E-state index contributed by atoms with van der Waals surface area (Å²) < 4.78 is 11.2. The van der Waals surface area contributed by atoms with E-state index in [4.69, 9.17) is 9.47 Å². The summed E-state index contributed by atoms with van der Waals surface area (Å²) in [6.45, 7) is 1.32. The molecule has 15 heavy (non-hydrogen) atoms. The van der Waals surface area contributed by atoms with Crippen LogP contribution < -0.4 is 0 Å². The fraction of sp³-hybridized carbons (Fsp3) is 0.909. The van der Waals surface area contributed by atoms with Crippen molar-refractivity contribution >= 4 is 6.29 Å². The predicted molar refractivity (Wildman–Crippen MR) is 53.4 cm³/mol. The Balaban J connectivity index is 1.87. The Bertz CT molecular complexity index is 223. The maximum absolute atomic E-state index is 10.3. The van der Waals surface area contributed by atoms with Crippen molar-refractivity contribution < 1.29 is 19.4 Å². The average Bonchev–Trinajstić information content (AvgIpc) is 2.70. The highest BCUT2D eigenvalue weighted by molar-refractivity contribution is 5.49. The molecule has 0 aromatic heterocycles. The standard InChI is InChI=1S/C11H18O4/c12-7-1-2-10(13)3-5-11(6-4-10)14-8-9-15-11/h7,13H,1-6,8-9H2. The van der Waals surface area contributed by atoms with E-state index in [-0.39, 0.29) is 0 Å². The Morgan fingerprint density at radius 1 is 1.13 bits per heavy atom. The molecular weight excluding hydrogens is 196 g/mol. The van der Waals surface area contributed by atoms with Crippen molar-refractivity contribution in [3.8, 4) is 0 Å². The molecule has 1 saturated heterocycles. The normalized spacial score (nSPS) is 28.1. The monoisotopic (exact) mass is 214 g/mol. The Morgan fingerprint density at radius 3 is 2.27 bits per heavy atom. The van der Waals surface area contributed by atoms with E-state index >= 15 is 0 Å². The number of carbonyl (C=O) groups is 1. The second-order valence-electron chi connectivity index (χ2n) is 4.54. The highest BCUT2D eigenvalue weighted by Gasteiger charge is 2.45. The summed E-state index contributed by atoms with van der Waals surface area (Å²) in [5.74, 6) is -0.423. The molecule has 1 spiro atoms. The van der Waals surface area contributed by atoms with E-state index in [0.29, 0.717) is 38.9 Å². The first-order chi connectivity index (χ1) is 7.18. The molecule has 0 bridgehead atoms. The minimum atomic E-state index is -0.679. The van der Waals surface area contributed by atoms with Crippen LogP contribution in [0, 0.1) is 0 Å². The average molecular weight is 214 g/mol. The fourth-order valence-electron chi connectivity index (χ4n) is 2.46. The van der Waals surface area contributed by atoms with Gasteiger partial charge in [0.25, 0.3) is 0 Å². The van der Waals surface area contributed by atoms with Crippen LogP contribution >= 0.6 is 0 Å². The first-order valence-electron chi connectivity index (χ1n) is 5.62. The van der Waals surface area contributed by atoms with Crippen molar-refractivity contribution in [2.75, 3.05) is 13.2 Å². The Kier molecular flexibility index (Phi) is 3.09. The van der Waals surface area contributed by atoms with Gasteiger partial charge in [-0.15, -0.1) is 0 Å². The van der Waals surface area contributed by atoms with Crippen molar-refractivity contribution in [2.24, 2.45) is 0 Å². The zero-order chi connectivity index (χ0) is 10.8. The highest BCUT2D eigenvalue weighted by Crippen LogP contribution is 2.41. The Labute approximate surface area is 89.6 Å². The van der Waals surface area contributed by atoms with E-state index < -0.39 is 11.4 Å². The second kappa shape index (κ2) is 4.20.